The van der Waals surface area contributed by atoms with E-state index in [0.717, 1.165) is 12.8 Å². The number of pyridine rings is 1. The maximum absolute atomic E-state index is 13.2. The standard InChI is InChI=1S/C19H20FN3O2/c20-15-4-1-3-14(11-15)19(25)22-16-8-6-13(7-9-16)18(24)23-17-5-2-10-21-12-17/h1-5,10-13,16H,6-9H2,(H,22,25)(H,23,24). The van der Waals surface area contributed by atoms with Crippen molar-refractivity contribution in [2.24, 2.45) is 5.92 Å². The van der Waals surface area contributed by atoms with Crippen molar-refractivity contribution < 1.29 is 14.0 Å². The normalized spacial score (nSPS) is 19.9. The van der Waals surface area contributed by atoms with Crippen molar-refractivity contribution in [3.63, 3.8) is 0 Å². The van der Waals surface area contributed by atoms with Crippen molar-refractivity contribution >= 4 is 17.5 Å². The van der Waals surface area contributed by atoms with Crippen LogP contribution in [0, 0.1) is 11.7 Å². The molecule has 0 atom stereocenters. The number of halogens is 1. The SMILES string of the molecule is O=C(NC1CCC(C(=O)Nc2cccnc2)CC1)c1cccc(F)c1. The van der Waals surface area contributed by atoms with Crippen LogP contribution in [-0.2, 0) is 4.79 Å². The van der Waals surface area contributed by atoms with Gasteiger partial charge in [0.1, 0.15) is 5.82 Å². The summed E-state index contributed by atoms with van der Waals surface area (Å²) in [6.45, 7) is 0. The number of carbonyl (C=O) groups excluding carboxylic acids is 2. The minimum Gasteiger partial charge on any atom is -0.349 e. The van der Waals surface area contributed by atoms with Gasteiger partial charge in [-0.3, -0.25) is 14.6 Å². The van der Waals surface area contributed by atoms with Crippen LogP contribution in [0.4, 0.5) is 10.1 Å². The molecule has 130 valence electrons. The van der Waals surface area contributed by atoms with Crippen LogP contribution in [0.2, 0.25) is 0 Å². The number of rotatable bonds is 4. The van der Waals surface area contributed by atoms with E-state index in [0.29, 0.717) is 24.1 Å². The fourth-order valence-electron chi connectivity index (χ4n) is 3.08. The Morgan fingerprint density at radius 3 is 2.56 bits per heavy atom. The smallest absolute Gasteiger partial charge is 0.251 e. The van der Waals surface area contributed by atoms with Gasteiger partial charge >= 0.3 is 0 Å². The lowest BCUT2D eigenvalue weighted by atomic mass is 9.85. The van der Waals surface area contributed by atoms with Crippen LogP contribution in [0.25, 0.3) is 0 Å². The number of benzene rings is 1. The Morgan fingerprint density at radius 1 is 1.08 bits per heavy atom. The molecule has 0 saturated heterocycles. The molecule has 1 aromatic heterocycles. The second kappa shape index (κ2) is 7.88. The molecule has 0 radical (unpaired) electrons. The second-order valence-corrected chi connectivity index (χ2v) is 6.26. The second-order valence-electron chi connectivity index (χ2n) is 6.26. The van der Waals surface area contributed by atoms with E-state index >= 15 is 0 Å². The molecule has 0 aliphatic heterocycles. The average Bonchev–Trinajstić information content (AvgIpc) is 2.63. The number of hydrogen-bond donors (Lipinski definition) is 2. The first-order valence-electron chi connectivity index (χ1n) is 8.39. The average molecular weight is 341 g/mol. The summed E-state index contributed by atoms with van der Waals surface area (Å²) in [6.07, 6.45) is 6.14. The van der Waals surface area contributed by atoms with E-state index in [1.165, 1.54) is 18.2 Å². The summed E-state index contributed by atoms with van der Waals surface area (Å²) in [5.41, 5.74) is 1.01. The highest BCUT2D eigenvalue weighted by Crippen LogP contribution is 2.26. The molecule has 0 unspecified atom stereocenters. The highest BCUT2D eigenvalue weighted by Gasteiger charge is 2.27. The van der Waals surface area contributed by atoms with E-state index in [1.54, 1.807) is 30.6 Å². The van der Waals surface area contributed by atoms with E-state index in [4.69, 9.17) is 0 Å². The van der Waals surface area contributed by atoms with Crippen molar-refractivity contribution in [1.82, 2.24) is 10.3 Å². The number of hydrogen-bond acceptors (Lipinski definition) is 3. The number of anilines is 1. The van der Waals surface area contributed by atoms with Crippen molar-refractivity contribution in [2.75, 3.05) is 5.32 Å². The van der Waals surface area contributed by atoms with Gasteiger partial charge in [0.05, 0.1) is 11.9 Å². The van der Waals surface area contributed by atoms with E-state index < -0.39 is 5.82 Å². The van der Waals surface area contributed by atoms with Crippen molar-refractivity contribution in [2.45, 2.75) is 31.7 Å². The fraction of sp³-hybridized carbons (Fsp3) is 0.316. The van der Waals surface area contributed by atoms with E-state index in [9.17, 15) is 14.0 Å². The Labute approximate surface area is 145 Å². The highest BCUT2D eigenvalue weighted by molar-refractivity contribution is 5.94. The van der Waals surface area contributed by atoms with Crippen molar-refractivity contribution in [3.8, 4) is 0 Å². The van der Waals surface area contributed by atoms with Crippen LogP contribution in [0.5, 0.6) is 0 Å². The van der Waals surface area contributed by atoms with Crippen LogP contribution < -0.4 is 10.6 Å². The van der Waals surface area contributed by atoms with Gasteiger partial charge in [-0.15, -0.1) is 0 Å². The minimum atomic E-state index is -0.427. The number of aromatic nitrogens is 1. The van der Waals surface area contributed by atoms with Gasteiger partial charge in [0.25, 0.3) is 5.91 Å². The molecule has 2 N–H and O–H groups in total. The molecule has 1 fully saturated rings. The molecular weight excluding hydrogens is 321 g/mol. The summed E-state index contributed by atoms with van der Waals surface area (Å²) in [7, 11) is 0. The largest absolute Gasteiger partial charge is 0.349 e. The molecule has 25 heavy (non-hydrogen) atoms. The summed E-state index contributed by atoms with van der Waals surface area (Å²) in [5, 5.41) is 5.79. The summed E-state index contributed by atoms with van der Waals surface area (Å²) in [6, 6.07) is 9.23. The van der Waals surface area contributed by atoms with E-state index in [1.807, 2.05) is 0 Å². The lowest BCUT2D eigenvalue weighted by molar-refractivity contribution is -0.120. The number of nitrogens with one attached hydrogen (secondary N) is 2. The topological polar surface area (TPSA) is 71.1 Å². The first-order chi connectivity index (χ1) is 12.1. The van der Waals surface area contributed by atoms with Gasteiger partial charge in [0.15, 0.2) is 0 Å². The summed E-state index contributed by atoms with van der Waals surface area (Å²) in [5.74, 6) is -0.781. The molecule has 6 heteroatoms. The van der Waals surface area contributed by atoms with E-state index in [2.05, 4.69) is 15.6 Å². The number of amides is 2. The van der Waals surface area contributed by atoms with Crippen LogP contribution in [-0.4, -0.2) is 22.8 Å². The molecule has 2 amide bonds. The van der Waals surface area contributed by atoms with Gasteiger partial charge in [-0.2, -0.15) is 0 Å². The molecule has 1 saturated carbocycles. The summed E-state index contributed by atoms with van der Waals surface area (Å²) < 4.78 is 13.2. The molecule has 0 bridgehead atoms. The lowest BCUT2D eigenvalue weighted by Crippen LogP contribution is -2.39. The van der Waals surface area contributed by atoms with Gasteiger partial charge in [0.2, 0.25) is 5.91 Å². The van der Waals surface area contributed by atoms with Gasteiger partial charge in [-0.1, -0.05) is 6.07 Å². The first kappa shape index (κ1) is 17.1. The molecule has 1 aliphatic carbocycles. The third-order valence-corrected chi connectivity index (χ3v) is 4.45. The van der Waals surface area contributed by atoms with Crippen molar-refractivity contribution in [3.05, 3.63) is 60.2 Å². The van der Waals surface area contributed by atoms with Crippen LogP contribution in [0.1, 0.15) is 36.0 Å². The summed E-state index contributed by atoms with van der Waals surface area (Å²) in [4.78, 5) is 28.4. The molecule has 5 nitrogen and oxygen atoms in total. The number of carbonyl (C=O) groups is 2. The van der Waals surface area contributed by atoms with Gasteiger partial charge < -0.3 is 10.6 Å². The molecule has 0 spiro atoms. The Bertz CT molecular complexity index is 743. The van der Waals surface area contributed by atoms with Gasteiger partial charge in [0, 0.05) is 23.7 Å². The quantitative estimate of drug-likeness (QED) is 0.897. The highest BCUT2D eigenvalue weighted by atomic mass is 19.1. The molecule has 2 aromatic rings. The fourth-order valence-corrected chi connectivity index (χ4v) is 3.08. The van der Waals surface area contributed by atoms with Gasteiger partial charge in [-0.05, 0) is 56.0 Å². The van der Waals surface area contributed by atoms with Crippen LogP contribution in [0.3, 0.4) is 0 Å². The van der Waals surface area contributed by atoms with E-state index in [-0.39, 0.29) is 23.8 Å². The molecule has 1 aliphatic rings. The van der Waals surface area contributed by atoms with Crippen LogP contribution in [0.15, 0.2) is 48.8 Å². The molecular formula is C19H20FN3O2. The monoisotopic (exact) mass is 341 g/mol. The third kappa shape index (κ3) is 4.62. The molecule has 1 aromatic carbocycles. The van der Waals surface area contributed by atoms with Crippen LogP contribution >= 0.6 is 0 Å². The Kier molecular flexibility index (Phi) is 5.38. The Morgan fingerprint density at radius 2 is 1.88 bits per heavy atom. The lowest BCUT2D eigenvalue weighted by Gasteiger charge is -2.28. The maximum Gasteiger partial charge on any atom is 0.251 e. The Hall–Kier alpha value is -2.76. The maximum atomic E-state index is 13.2. The zero-order valence-corrected chi connectivity index (χ0v) is 13.7. The number of nitrogens with zero attached hydrogens (tertiary/aromatic N) is 1. The Balaban J connectivity index is 1.48. The zero-order valence-electron chi connectivity index (χ0n) is 13.7. The predicted molar refractivity (Wildman–Crippen MR) is 92.5 cm³/mol. The predicted octanol–water partition coefficient (Wildman–Crippen LogP) is 3.15. The molecule has 1 heterocycles. The van der Waals surface area contributed by atoms with Gasteiger partial charge in [-0.25, -0.2) is 4.39 Å². The molecule has 3 rings (SSSR count). The summed E-state index contributed by atoms with van der Waals surface area (Å²) >= 11 is 0. The first-order valence-corrected chi connectivity index (χ1v) is 8.39. The third-order valence-electron chi connectivity index (χ3n) is 4.45. The van der Waals surface area contributed by atoms with Crippen molar-refractivity contribution in [1.29, 1.82) is 0 Å². The zero-order chi connectivity index (χ0) is 17.6. The minimum absolute atomic E-state index is 0.0112.